The average molecular weight is 284 g/mol. The smallest absolute Gasteiger partial charge is 0.259 e. The second-order valence-corrected chi connectivity index (χ2v) is 4.90. The van der Waals surface area contributed by atoms with Gasteiger partial charge in [0, 0.05) is 13.0 Å². The maximum Gasteiger partial charge on any atom is 0.259 e. The molecule has 1 rings (SSSR count). The molecule has 0 fully saturated rings. The fraction of sp³-hybridized carbons (Fsp3) is 0.625. The number of carbonyl (C=O) groups is 1. The molecule has 0 saturated heterocycles. The van der Waals surface area contributed by atoms with Crippen molar-refractivity contribution in [2.45, 2.75) is 18.2 Å². The third-order valence-electron chi connectivity index (χ3n) is 1.56. The van der Waals surface area contributed by atoms with Crippen LogP contribution in [-0.2, 0) is 16.0 Å². The van der Waals surface area contributed by atoms with E-state index in [0.717, 1.165) is 5.01 Å². The number of alkyl halides is 2. The standard InChI is InChI=1S/C8H11Cl2N3O2S/c1-2-15-4-3-5-12-13-8(16-5)11-7(14)6(9)10/h6H,2-4H2,1H3,(H,11,13,14). The monoisotopic (exact) mass is 283 g/mol. The minimum Gasteiger partial charge on any atom is -0.381 e. The molecule has 0 saturated carbocycles. The van der Waals surface area contributed by atoms with Crippen LogP contribution in [-0.4, -0.2) is 34.2 Å². The van der Waals surface area contributed by atoms with Gasteiger partial charge in [0.2, 0.25) is 5.13 Å². The lowest BCUT2D eigenvalue weighted by molar-refractivity contribution is -0.114. The van der Waals surface area contributed by atoms with Crippen LogP contribution in [0.4, 0.5) is 5.13 Å². The van der Waals surface area contributed by atoms with E-state index in [4.69, 9.17) is 27.9 Å². The maximum atomic E-state index is 11.1. The summed E-state index contributed by atoms with van der Waals surface area (Å²) in [6.07, 6.45) is 0.673. The molecule has 1 aromatic heterocycles. The van der Waals surface area contributed by atoms with Gasteiger partial charge in [0.25, 0.3) is 5.91 Å². The molecule has 0 aromatic carbocycles. The van der Waals surface area contributed by atoms with E-state index in [2.05, 4.69) is 15.5 Å². The summed E-state index contributed by atoms with van der Waals surface area (Å²) in [5.74, 6) is -0.504. The van der Waals surface area contributed by atoms with Gasteiger partial charge in [0.15, 0.2) is 4.84 Å². The Kier molecular flexibility index (Phi) is 5.97. The van der Waals surface area contributed by atoms with Gasteiger partial charge in [-0.25, -0.2) is 0 Å². The molecular formula is C8H11Cl2N3O2S. The van der Waals surface area contributed by atoms with Gasteiger partial charge in [-0.3, -0.25) is 10.1 Å². The molecule has 0 aliphatic heterocycles. The van der Waals surface area contributed by atoms with E-state index in [1.165, 1.54) is 11.3 Å². The van der Waals surface area contributed by atoms with Crippen LogP contribution in [0, 0.1) is 0 Å². The van der Waals surface area contributed by atoms with Crippen LogP contribution >= 0.6 is 34.5 Å². The summed E-state index contributed by atoms with van der Waals surface area (Å²) < 4.78 is 5.18. The number of nitrogens with one attached hydrogen (secondary N) is 1. The van der Waals surface area contributed by atoms with Gasteiger partial charge in [-0.05, 0) is 6.92 Å². The molecule has 0 spiro atoms. The Bertz CT molecular complexity index is 346. The topological polar surface area (TPSA) is 64.1 Å². The van der Waals surface area contributed by atoms with E-state index in [-0.39, 0.29) is 0 Å². The van der Waals surface area contributed by atoms with Gasteiger partial charge in [-0.2, -0.15) is 0 Å². The van der Waals surface area contributed by atoms with E-state index in [1.54, 1.807) is 0 Å². The first-order valence-corrected chi connectivity index (χ1v) is 6.31. The lowest BCUT2D eigenvalue weighted by atomic mass is 10.5. The van der Waals surface area contributed by atoms with E-state index in [0.29, 0.717) is 24.8 Å². The number of nitrogens with zero attached hydrogens (tertiary/aromatic N) is 2. The molecule has 1 heterocycles. The fourth-order valence-corrected chi connectivity index (χ4v) is 1.70. The maximum absolute atomic E-state index is 11.1. The van der Waals surface area contributed by atoms with E-state index in [1.807, 2.05) is 6.92 Å². The third-order valence-corrected chi connectivity index (χ3v) is 2.85. The highest BCUT2D eigenvalue weighted by Crippen LogP contribution is 2.17. The molecule has 0 radical (unpaired) electrons. The highest BCUT2D eigenvalue weighted by molar-refractivity contribution is 7.15. The zero-order chi connectivity index (χ0) is 12.0. The first kappa shape index (κ1) is 13.6. The largest absolute Gasteiger partial charge is 0.381 e. The lowest BCUT2D eigenvalue weighted by Gasteiger charge is -1.99. The van der Waals surface area contributed by atoms with Gasteiger partial charge >= 0.3 is 0 Å². The van der Waals surface area contributed by atoms with Crippen molar-refractivity contribution in [1.29, 1.82) is 0 Å². The molecule has 8 heteroatoms. The molecular weight excluding hydrogens is 273 g/mol. The van der Waals surface area contributed by atoms with Crippen LogP contribution in [0.5, 0.6) is 0 Å². The number of halogens is 2. The number of hydrogen-bond acceptors (Lipinski definition) is 5. The second kappa shape index (κ2) is 7.01. The number of anilines is 1. The van der Waals surface area contributed by atoms with Crippen LogP contribution in [0.2, 0.25) is 0 Å². The quantitative estimate of drug-likeness (QED) is 0.639. The molecule has 0 atom stereocenters. The Morgan fingerprint density at radius 3 is 2.94 bits per heavy atom. The van der Waals surface area contributed by atoms with Crippen molar-refractivity contribution in [3.05, 3.63) is 5.01 Å². The summed E-state index contributed by atoms with van der Waals surface area (Å²) in [7, 11) is 0. The van der Waals surface area contributed by atoms with Crippen LogP contribution in [0.25, 0.3) is 0 Å². The predicted molar refractivity (Wildman–Crippen MR) is 64.2 cm³/mol. The summed E-state index contributed by atoms with van der Waals surface area (Å²) in [4.78, 5) is 10.0. The molecule has 0 aliphatic rings. The molecule has 1 N–H and O–H groups in total. The van der Waals surface area contributed by atoms with Crippen molar-refractivity contribution in [2.75, 3.05) is 18.5 Å². The molecule has 0 aliphatic carbocycles. The number of ether oxygens (including phenoxy) is 1. The normalized spacial score (nSPS) is 10.8. The van der Waals surface area contributed by atoms with E-state index < -0.39 is 10.7 Å². The van der Waals surface area contributed by atoms with Crippen molar-refractivity contribution >= 4 is 45.6 Å². The minimum absolute atomic E-state index is 0.391. The van der Waals surface area contributed by atoms with Gasteiger partial charge < -0.3 is 4.74 Å². The van der Waals surface area contributed by atoms with Gasteiger partial charge in [0.05, 0.1) is 6.61 Å². The Hall–Kier alpha value is -0.430. The molecule has 90 valence electrons. The third kappa shape index (κ3) is 4.61. The SMILES string of the molecule is CCOCCc1nnc(NC(=O)C(Cl)Cl)s1. The van der Waals surface area contributed by atoms with Crippen molar-refractivity contribution < 1.29 is 9.53 Å². The summed E-state index contributed by atoms with van der Waals surface area (Å²) in [5, 5.41) is 11.3. The summed E-state index contributed by atoms with van der Waals surface area (Å²) in [6.45, 7) is 3.18. The summed E-state index contributed by atoms with van der Waals surface area (Å²) >= 11 is 12.0. The van der Waals surface area contributed by atoms with Crippen LogP contribution < -0.4 is 5.32 Å². The molecule has 16 heavy (non-hydrogen) atoms. The zero-order valence-corrected chi connectivity index (χ0v) is 10.9. The summed E-state index contributed by atoms with van der Waals surface area (Å²) in [6, 6.07) is 0. The predicted octanol–water partition coefficient (Wildman–Crippen LogP) is 1.86. The van der Waals surface area contributed by atoms with E-state index in [9.17, 15) is 4.79 Å². The number of amides is 1. The molecule has 5 nitrogen and oxygen atoms in total. The highest BCUT2D eigenvalue weighted by Gasteiger charge is 2.13. The minimum atomic E-state index is -1.10. The van der Waals surface area contributed by atoms with Crippen LogP contribution in [0.1, 0.15) is 11.9 Å². The van der Waals surface area contributed by atoms with Crippen molar-refractivity contribution in [1.82, 2.24) is 10.2 Å². The molecule has 0 unspecified atom stereocenters. The van der Waals surface area contributed by atoms with Crippen molar-refractivity contribution in [3.63, 3.8) is 0 Å². The number of rotatable bonds is 6. The highest BCUT2D eigenvalue weighted by atomic mass is 35.5. The van der Waals surface area contributed by atoms with Crippen LogP contribution in [0.15, 0.2) is 0 Å². The Labute approximate surface area is 107 Å². The molecule has 1 amide bonds. The Morgan fingerprint density at radius 2 is 2.31 bits per heavy atom. The lowest BCUT2D eigenvalue weighted by Crippen LogP contribution is -2.18. The van der Waals surface area contributed by atoms with Crippen LogP contribution in [0.3, 0.4) is 0 Å². The first-order chi connectivity index (χ1) is 7.63. The summed E-state index contributed by atoms with van der Waals surface area (Å²) in [5.41, 5.74) is 0. The van der Waals surface area contributed by atoms with Crippen molar-refractivity contribution in [2.24, 2.45) is 0 Å². The van der Waals surface area contributed by atoms with Gasteiger partial charge in [-0.15, -0.1) is 10.2 Å². The number of hydrogen-bond donors (Lipinski definition) is 1. The number of carbonyl (C=O) groups excluding carboxylic acids is 1. The van der Waals surface area contributed by atoms with Crippen molar-refractivity contribution in [3.8, 4) is 0 Å². The Morgan fingerprint density at radius 1 is 1.56 bits per heavy atom. The molecule has 0 bridgehead atoms. The zero-order valence-electron chi connectivity index (χ0n) is 8.57. The number of aromatic nitrogens is 2. The van der Waals surface area contributed by atoms with Gasteiger partial charge in [0.1, 0.15) is 5.01 Å². The first-order valence-electron chi connectivity index (χ1n) is 4.62. The second-order valence-electron chi connectivity index (χ2n) is 2.74. The molecule has 1 aromatic rings. The fourth-order valence-electron chi connectivity index (χ4n) is 0.869. The van der Waals surface area contributed by atoms with Gasteiger partial charge in [-0.1, -0.05) is 34.5 Å². The average Bonchev–Trinajstić information content (AvgIpc) is 2.66. The Balaban J connectivity index is 2.42. The van der Waals surface area contributed by atoms with E-state index >= 15 is 0 Å².